The first-order valence-corrected chi connectivity index (χ1v) is 14.8. The Hall–Kier alpha value is -4.18. The van der Waals surface area contributed by atoms with Crippen molar-refractivity contribution >= 4 is 22.1 Å². The highest BCUT2D eigenvalue weighted by atomic mass is 15.1. The van der Waals surface area contributed by atoms with Crippen LogP contribution in [-0.4, -0.2) is 9.13 Å². The van der Waals surface area contributed by atoms with Crippen LogP contribution in [-0.2, 0) is 26.2 Å². The second kappa shape index (κ2) is 9.44. The molecule has 0 N–H and O–H groups in total. The summed E-state index contributed by atoms with van der Waals surface area (Å²) in [4.78, 5) is 0. The van der Waals surface area contributed by atoms with E-state index in [4.69, 9.17) is 0 Å². The zero-order valence-electron chi connectivity index (χ0n) is 25.5. The van der Waals surface area contributed by atoms with Crippen molar-refractivity contribution < 1.29 is 9.13 Å². The van der Waals surface area contributed by atoms with Crippen LogP contribution in [0.25, 0.3) is 22.1 Å². The second-order valence-electron chi connectivity index (χ2n) is 12.3. The Balaban J connectivity index is 1.54. The molecule has 8 bridgehead atoms. The average Bonchev–Trinajstić information content (AvgIpc) is 3.50. The summed E-state index contributed by atoms with van der Waals surface area (Å²) < 4.78 is 9.84. The van der Waals surface area contributed by atoms with Gasteiger partial charge in [-0.05, 0) is 134 Å². The molecule has 4 heterocycles. The van der Waals surface area contributed by atoms with Crippen LogP contribution in [0.1, 0.15) is 61.2 Å². The molecule has 0 unspecified atom stereocenters. The Labute approximate surface area is 243 Å². The minimum Gasteiger partial charge on any atom is -0.226 e. The summed E-state index contributed by atoms with van der Waals surface area (Å²) >= 11 is 0. The molecule has 0 radical (unpaired) electrons. The molecule has 4 heteroatoms. The van der Waals surface area contributed by atoms with Crippen LogP contribution in [0.3, 0.4) is 0 Å². The molecule has 41 heavy (non-hydrogen) atoms. The number of rotatable bonds is 0. The SMILES string of the molecule is Cc1cc(C)c2c(C)c1Cn1c[n+](c3ccccc31)Cc1c(C)c(C)c(c(C)c1C)C[n+]1cn(c3ccccc31)C2. The molecule has 6 aromatic rings. The zero-order chi connectivity index (χ0) is 28.6. The predicted molar refractivity (Wildman–Crippen MR) is 167 cm³/mol. The van der Waals surface area contributed by atoms with E-state index in [0.717, 1.165) is 26.2 Å². The fraction of sp³-hybridized carbons (Fsp3) is 0.297. The summed E-state index contributed by atoms with van der Waals surface area (Å²) in [7, 11) is 0. The van der Waals surface area contributed by atoms with Crippen molar-refractivity contribution in [3.63, 3.8) is 0 Å². The lowest BCUT2D eigenvalue weighted by Crippen LogP contribution is -2.35. The largest absolute Gasteiger partial charge is 0.245 e. The van der Waals surface area contributed by atoms with Crippen LogP contribution >= 0.6 is 0 Å². The monoisotopic (exact) mass is 540 g/mol. The maximum Gasteiger partial charge on any atom is 0.245 e. The second-order valence-corrected chi connectivity index (χ2v) is 12.3. The average molecular weight is 541 g/mol. The first-order valence-electron chi connectivity index (χ1n) is 14.8. The van der Waals surface area contributed by atoms with Crippen LogP contribution in [0.5, 0.6) is 0 Å². The highest BCUT2D eigenvalue weighted by Gasteiger charge is 2.25. The van der Waals surface area contributed by atoms with Crippen molar-refractivity contribution in [2.24, 2.45) is 0 Å². The molecule has 2 aliphatic heterocycles. The topological polar surface area (TPSA) is 17.6 Å². The van der Waals surface area contributed by atoms with Gasteiger partial charge in [-0.25, -0.2) is 18.3 Å². The number of aromatic nitrogens is 4. The van der Waals surface area contributed by atoms with Crippen LogP contribution in [0.4, 0.5) is 0 Å². The predicted octanol–water partition coefficient (Wildman–Crippen LogP) is 6.84. The van der Waals surface area contributed by atoms with E-state index in [9.17, 15) is 0 Å². The summed E-state index contributed by atoms with van der Waals surface area (Å²) in [5, 5.41) is 0. The van der Waals surface area contributed by atoms with E-state index in [1.807, 2.05) is 0 Å². The lowest BCUT2D eigenvalue weighted by molar-refractivity contribution is -0.664. The molecule has 0 atom stereocenters. The molecule has 4 aromatic carbocycles. The summed E-state index contributed by atoms with van der Waals surface area (Å²) in [6, 6.07) is 20.2. The fourth-order valence-corrected chi connectivity index (χ4v) is 7.37. The number of fused-ring (bicyclic) bond motifs is 4. The van der Waals surface area contributed by atoms with Crippen LogP contribution in [0.15, 0.2) is 67.3 Å². The van der Waals surface area contributed by atoms with Crippen LogP contribution in [0, 0.1) is 48.5 Å². The van der Waals surface area contributed by atoms with Gasteiger partial charge in [-0.1, -0.05) is 30.3 Å². The number of hydrogen-bond acceptors (Lipinski definition) is 0. The van der Waals surface area contributed by atoms with Gasteiger partial charge in [0, 0.05) is 0 Å². The van der Waals surface area contributed by atoms with Crippen LogP contribution in [0.2, 0.25) is 0 Å². The smallest absolute Gasteiger partial charge is 0.226 e. The molecule has 0 spiro atoms. The number of para-hydroxylation sites is 4. The highest BCUT2D eigenvalue weighted by molar-refractivity contribution is 5.73. The van der Waals surface area contributed by atoms with E-state index >= 15 is 0 Å². The minimum absolute atomic E-state index is 0.861. The van der Waals surface area contributed by atoms with E-state index < -0.39 is 0 Å². The summed E-state index contributed by atoms with van der Waals surface area (Å²) in [5.74, 6) is 0. The van der Waals surface area contributed by atoms with E-state index in [1.54, 1.807) is 0 Å². The number of hydrogen-bond donors (Lipinski definition) is 0. The third-order valence-corrected chi connectivity index (χ3v) is 10.1. The lowest BCUT2D eigenvalue weighted by atomic mass is 9.88. The molecule has 2 aliphatic rings. The van der Waals surface area contributed by atoms with Gasteiger partial charge in [0.1, 0.15) is 26.2 Å². The van der Waals surface area contributed by atoms with E-state index in [-0.39, 0.29) is 0 Å². The Kier molecular flexibility index (Phi) is 5.93. The van der Waals surface area contributed by atoms with Gasteiger partial charge in [0.05, 0.1) is 0 Å². The third-order valence-electron chi connectivity index (χ3n) is 10.1. The molecule has 0 saturated carbocycles. The summed E-state index contributed by atoms with van der Waals surface area (Å²) in [6.45, 7) is 19.6. The normalized spacial score (nSPS) is 13.3. The van der Waals surface area contributed by atoms with Crippen molar-refractivity contribution in [1.29, 1.82) is 0 Å². The van der Waals surface area contributed by atoms with Gasteiger partial charge >= 0.3 is 0 Å². The number of aryl methyl sites for hydroxylation is 2. The van der Waals surface area contributed by atoms with Crippen molar-refractivity contribution in [1.82, 2.24) is 9.13 Å². The quantitative estimate of drug-likeness (QED) is 0.188. The van der Waals surface area contributed by atoms with Crippen molar-refractivity contribution in [3.05, 3.63) is 128 Å². The maximum absolute atomic E-state index is 2.46. The lowest BCUT2D eigenvalue weighted by Gasteiger charge is -2.19. The molecule has 0 saturated heterocycles. The van der Waals surface area contributed by atoms with Gasteiger partial charge in [-0.2, -0.15) is 0 Å². The summed E-state index contributed by atoms with van der Waals surface area (Å²) in [5.41, 5.74) is 20.7. The van der Waals surface area contributed by atoms with Gasteiger partial charge in [0.25, 0.3) is 0 Å². The van der Waals surface area contributed by atoms with Gasteiger partial charge in [-0.15, -0.1) is 0 Å². The van der Waals surface area contributed by atoms with Gasteiger partial charge < -0.3 is 0 Å². The minimum atomic E-state index is 0.861. The standard InChI is InChI=1S/C37H40N4/c1-23-16-24(2)31-18-39-22-41(37-15-11-9-13-35(37)39)20-33-27(5)25(3)32(26(4)28(33)6)19-40-21-38(17-30(23)29(31)7)34-12-8-10-14-36(34)40/h8-16,21-22H,17-20H2,1-7H3/q+2. The van der Waals surface area contributed by atoms with Crippen molar-refractivity contribution in [2.45, 2.75) is 74.6 Å². The molecular formula is C37H40N4+2. The number of imidazole rings is 2. The molecular weight excluding hydrogens is 500 g/mol. The molecule has 0 amide bonds. The van der Waals surface area contributed by atoms with Crippen molar-refractivity contribution in [2.75, 3.05) is 0 Å². The molecule has 2 aromatic heterocycles. The number of nitrogens with zero attached hydrogens (tertiary/aromatic N) is 4. The van der Waals surface area contributed by atoms with Gasteiger partial charge in [-0.3, -0.25) is 0 Å². The molecule has 0 fully saturated rings. The maximum atomic E-state index is 2.46. The first-order chi connectivity index (χ1) is 19.7. The van der Waals surface area contributed by atoms with E-state index in [2.05, 4.69) is 134 Å². The van der Waals surface area contributed by atoms with E-state index in [1.165, 1.54) is 83.3 Å². The Morgan fingerprint density at radius 1 is 0.488 bits per heavy atom. The fourth-order valence-electron chi connectivity index (χ4n) is 7.37. The number of benzene rings is 4. The molecule has 4 nitrogen and oxygen atoms in total. The molecule has 206 valence electrons. The van der Waals surface area contributed by atoms with Crippen LogP contribution < -0.4 is 9.13 Å². The Morgan fingerprint density at radius 2 is 0.878 bits per heavy atom. The third kappa shape index (κ3) is 3.95. The molecule has 8 rings (SSSR count). The van der Waals surface area contributed by atoms with Crippen molar-refractivity contribution in [3.8, 4) is 0 Å². The zero-order valence-corrected chi connectivity index (χ0v) is 25.5. The Morgan fingerprint density at radius 3 is 1.29 bits per heavy atom. The Bertz CT molecular complexity index is 1850. The van der Waals surface area contributed by atoms with Gasteiger partial charge in [0.2, 0.25) is 12.7 Å². The highest BCUT2D eigenvalue weighted by Crippen LogP contribution is 2.30. The van der Waals surface area contributed by atoms with E-state index in [0.29, 0.717) is 0 Å². The summed E-state index contributed by atoms with van der Waals surface area (Å²) in [6.07, 6.45) is 4.69. The first kappa shape index (κ1) is 25.8. The van der Waals surface area contributed by atoms with Gasteiger partial charge in [0.15, 0.2) is 22.1 Å². The molecule has 0 aliphatic carbocycles.